The van der Waals surface area contributed by atoms with Gasteiger partial charge in [-0.05, 0) is 43.3 Å². The van der Waals surface area contributed by atoms with Crippen LogP contribution in [-0.2, 0) is 0 Å². The number of rotatable bonds is 2. The first-order valence-corrected chi connectivity index (χ1v) is 6.98. The first-order chi connectivity index (χ1) is 8.74. The van der Waals surface area contributed by atoms with Gasteiger partial charge in [-0.15, -0.1) is 0 Å². The molecule has 0 unspecified atom stereocenters. The molecule has 1 saturated carbocycles. The fourth-order valence-electron chi connectivity index (χ4n) is 2.34. The summed E-state index contributed by atoms with van der Waals surface area (Å²) >= 11 is 5.26. The van der Waals surface area contributed by atoms with Crippen LogP contribution in [0.25, 0.3) is 0 Å². The van der Waals surface area contributed by atoms with E-state index in [1.807, 2.05) is 6.07 Å². The third-order valence-corrected chi connectivity index (χ3v) is 3.49. The van der Waals surface area contributed by atoms with Crippen LogP contribution in [0.15, 0.2) is 24.3 Å². The van der Waals surface area contributed by atoms with E-state index in [1.165, 1.54) is 50.7 Å². The van der Waals surface area contributed by atoms with Crippen LogP contribution in [0, 0.1) is 5.82 Å². The Kier molecular flexibility index (Phi) is 4.93. The summed E-state index contributed by atoms with van der Waals surface area (Å²) in [7, 11) is 0. The molecule has 0 aliphatic heterocycles. The highest BCUT2D eigenvalue weighted by molar-refractivity contribution is 7.80. The van der Waals surface area contributed by atoms with Crippen LogP contribution >= 0.6 is 12.2 Å². The predicted molar refractivity (Wildman–Crippen MR) is 77.2 cm³/mol. The Balaban J connectivity index is 1.84. The second kappa shape index (κ2) is 6.69. The van der Waals surface area contributed by atoms with Gasteiger partial charge in [-0.1, -0.05) is 31.7 Å². The average Bonchev–Trinajstić information content (AvgIpc) is 2.57. The van der Waals surface area contributed by atoms with Crippen molar-refractivity contribution >= 4 is 23.0 Å². The summed E-state index contributed by atoms with van der Waals surface area (Å²) in [6.45, 7) is 0. The summed E-state index contributed by atoms with van der Waals surface area (Å²) in [5, 5.41) is 6.95. The minimum atomic E-state index is -0.253. The van der Waals surface area contributed by atoms with Gasteiger partial charge in [-0.2, -0.15) is 0 Å². The summed E-state index contributed by atoms with van der Waals surface area (Å²) < 4.78 is 13.0. The van der Waals surface area contributed by atoms with Gasteiger partial charge in [0, 0.05) is 11.7 Å². The van der Waals surface area contributed by atoms with Crippen LogP contribution in [0.5, 0.6) is 0 Å². The average molecular weight is 266 g/mol. The molecule has 18 heavy (non-hydrogen) atoms. The lowest BCUT2D eigenvalue weighted by atomic mass is 10.1. The Morgan fingerprint density at radius 2 is 1.89 bits per heavy atom. The van der Waals surface area contributed by atoms with E-state index in [0.29, 0.717) is 16.8 Å². The summed E-state index contributed by atoms with van der Waals surface area (Å²) in [4.78, 5) is 0. The van der Waals surface area contributed by atoms with Crippen molar-refractivity contribution in [3.63, 3.8) is 0 Å². The molecule has 1 aromatic carbocycles. The van der Waals surface area contributed by atoms with Crippen LogP contribution in [0.1, 0.15) is 38.5 Å². The van der Waals surface area contributed by atoms with Crippen LogP contribution < -0.4 is 10.6 Å². The monoisotopic (exact) mass is 266 g/mol. The van der Waals surface area contributed by atoms with E-state index < -0.39 is 0 Å². The van der Waals surface area contributed by atoms with Gasteiger partial charge in [0.15, 0.2) is 5.11 Å². The Hall–Kier alpha value is -1.16. The number of thiocarbonyl (C=S) groups is 1. The van der Waals surface area contributed by atoms with Crippen molar-refractivity contribution in [2.24, 2.45) is 0 Å². The van der Waals surface area contributed by atoms with E-state index in [4.69, 9.17) is 12.2 Å². The van der Waals surface area contributed by atoms with Gasteiger partial charge in [0.1, 0.15) is 5.82 Å². The highest BCUT2D eigenvalue weighted by Crippen LogP contribution is 2.17. The Morgan fingerprint density at radius 3 is 2.56 bits per heavy atom. The van der Waals surface area contributed by atoms with Gasteiger partial charge in [0.25, 0.3) is 0 Å². The summed E-state index contributed by atoms with van der Waals surface area (Å²) in [5.41, 5.74) is 0.695. The van der Waals surface area contributed by atoms with E-state index in [-0.39, 0.29) is 5.82 Å². The summed E-state index contributed by atoms with van der Waals surface area (Å²) in [5.74, 6) is -0.253. The van der Waals surface area contributed by atoms with Crippen molar-refractivity contribution in [2.45, 2.75) is 44.6 Å². The normalized spacial score (nSPS) is 16.9. The molecule has 0 radical (unpaired) electrons. The van der Waals surface area contributed by atoms with Crippen molar-refractivity contribution in [2.75, 3.05) is 5.32 Å². The fourth-order valence-corrected chi connectivity index (χ4v) is 2.63. The van der Waals surface area contributed by atoms with E-state index in [0.717, 1.165) is 0 Å². The molecule has 0 amide bonds. The van der Waals surface area contributed by atoms with Gasteiger partial charge >= 0.3 is 0 Å². The summed E-state index contributed by atoms with van der Waals surface area (Å²) in [6, 6.07) is 6.81. The lowest BCUT2D eigenvalue weighted by molar-refractivity contribution is 0.535. The van der Waals surface area contributed by atoms with E-state index in [9.17, 15) is 4.39 Å². The molecule has 4 heteroatoms. The molecule has 2 nitrogen and oxygen atoms in total. The minimum absolute atomic E-state index is 0.253. The van der Waals surface area contributed by atoms with Gasteiger partial charge in [-0.25, -0.2) is 4.39 Å². The highest BCUT2D eigenvalue weighted by Gasteiger charge is 2.12. The van der Waals surface area contributed by atoms with E-state index in [2.05, 4.69) is 10.6 Å². The molecule has 0 heterocycles. The number of hydrogen-bond acceptors (Lipinski definition) is 1. The molecule has 1 aliphatic rings. The van der Waals surface area contributed by atoms with Crippen LogP contribution in [0.3, 0.4) is 0 Å². The minimum Gasteiger partial charge on any atom is -0.360 e. The maximum atomic E-state index is 13.0. The number of nitrogens with one attached hydrogen (secondary N) is 2. The van der Waals surface area contributed by atoms with E-state index >= 15 is 0 Å². The Labute approximate surface area is 113 Å². The zero-order valence-electron chi connectivity index (χ0n) is 10.4. The van der Waals surface area contributed by atoms with Crippen molar-refractivity contribution < 1.29 is 4.39 Å². The number of benzene rings is 1. The zero-order valence-corrected chi connectivity index (χ0v) is 11.2. The fraction of sp³-hybridized carbons (Fsp3) is 0.500. The zero-order chi connectivity index (χ0) is 12.8. The Morgan fingerprint density at radius 1 is 1.17 bits per heavy atom. The van der Waals surface area contributed by atoms with Crippen LogP contribution in [-0.4, -0.2) is 11.2 Å². The molecule has 1 aliphatic carbocycles. The second-order valence-electron chi connectivity index (χ2n) is 4.80. The molecule has 0 spiro atoms. The number of anilines is 1. The molecular formula is C14H19FN2S. The lowest BCUT2D eigenvalue weighted by Gasteiger charge is -2.19. The third-order valence-electron chi connectivity index (χ3n) is 3.27. The van der Waals surface area contributed by atoms with Crippen molar-refractivity contribution in [3.05, 3.63) is 30.1 Å². The molecule has 0 atom stereocenters. The predicted octanol–water partition coefficient (Wildman–Crippen LogP) is 3.83. The van der Waals surface area contributed by atoms with Crippen LogP contribution in [0.4, 0.5) is 10.1 Å². The molecular weight excluding hydrogens is 247 g/mol. The highest BCUT2D eigenvalue weighted by atomic mass is 32.1. The van der Waals surface area contributed by atoms with Gasteiger partial charge < -0.3 is 10.6 Å². The first kappa shape index (κ1) is 13.3. The van der Waals surface area contributed by atoms with Crippen molar-refractivity contribution in [1.29, 1.82) is 0 Å². The van der Waals surface area contributed by atoms with Gasteiger partial charge in [0.2, 0.25) is 0 Å². The molecule has 0 bridgehead atoms. The smallest absolute Gasteiger partial charge is 0.170 e. The maximum absolute atomic E-state index is 13.0. The maximum Gasteiger partial charge on any atom is 0.170 e. The number of hydrogen-bond donors (Lipinski definition) is 2. The topological polar surface area (TPSA) is 24.1 Å². The molecule has 0 aromatic heterocycles. The first-order valence-electron chi connectivity index (χ1n) is 6.57. The van der Waals surface area contributed by atoms with Crippen LogP contribution in [0.2, 0.25) is 0 Å². The molecule has 2 N–H and O–H groups in total. The molecule has 0 saturated heterocycles. The second-order valence-corrected chi connectivity index (χ2v) is 5.21. The largest absolute Gasteiger partial charge is 0.360 e. The standard InChI is InChI=1S/C14H19FN2S/c15-11-6-5-9-13(10-11)17-14(18)16-12-7-3-1-2-4-8-12/h5-6,9-10,12H,1-4,7-8H2,(H2,16,17,18). The Bertz CT molecular complexity index is 401. The van der Waals surface area contributed by atoms with Gasteiger partial charge in [-0.3, -0.25) is 0 Å². The van der Waals surface area contributed by atoms with Crippen molar-refractivity contribution in [3.8, 4) is 0 Å². The summed E-state index contributed by atoms with van der Waals surface area (Å²) in [6.07, 6.45) is 7.51. The number of halogens is 1. The quantitative estimate of drug-likeness (QED) is 0.628. The molecule has 1 fully saturated rings. The third kappa shape index (κ3) is 4.26. The lowest BCUT2D eigenvalue weighted by Crippen LogP contribution is -2.37. The van der Waals surface area contributed by atoms with Gasteiger partial charge in [0.05, 0.1) is 0 Å². The molecule has 2 rings (SSSR count). The molecule has 98 valence electrons. The van der Waals surface area contributed by atoms with E-state index in [1.54, 1.807) is 6.07 Å². The van der Waals surface area contributed by atoms with Crippen molar-refractivity contribution in [1.82, 2.24) is 5.32 Å². The molecule has 1 aromatic rings. The SMILES string of the molecule is Fc1cccc(NC(=S)NC2CCCCCC2)c1.